The molecule has 88 valence electrons. The Hall–Kier alpha value is -1.64. The van der Waals surface area contributed by atoms with Crippen LogP contribution in [0, 0.1) is 0 Å². The molecule has 2 aromatic rings. The van der Waals surface area contributed by atoms with Crippen LogP contribution in [0.3, 0.4) is 0 Å². The number of aliphatic hydroxyl groups excluding tert-OH is 1. The van der Waals surface area contributed by atoms with Gasteiger partial charge in [-0.2, -0.15) is 7.05 Å². The van der Waals surface area contributed by atoms with Crippen LogP contribution in [0.15, 0.2) is 48.5 Å². The smallest absolute Gasteiger partial charge is 0.0681 e. The standard InChI is InChI=1S/C15H16NO/c1-16-10-13-3-2-4-15(9-13)14-7-5-12(11-17)6-8-14/h2-9,17H,10-11H2,1H3/q-1. The van der Waals surface area contributed by atoms with Gasteiger partial charge >= 0.3 is 0 Å². The van der Waals surface area contributed by atoms with Gasteiger partial charge < -0.3 is 10.4 Å². The van der Waals surface area contributed by atoms with Crippen LogP contribution in [-0.2, 0) is 13.2 Å². The monoisotopic (exact) mass is 226 g/mol. The third kappa shape index (κ3) is 2.93. The van der Waals surface area contributed by atoms with Crippen molar-refractivity contribution >= 4 is 0 Å². The van der Waals surface area contributed by atoms with E-state index in [1.165, 1.54) is 16.7 Å². The van der Waals surface area contributed by atoms with Crippen molar-refractivity contribution in [3.63, 3.8) is 0 Å². The first kappa shape index (κ1) is 11.8. The molecule has 0 unspecified atom stereocenters. The number of benzene rings is 2. The molecular formula is C15H16NO-. The number of rotatable bonds is 4. The first-order valence-electron chi connectivity index (χ1n) is 5.68. The van der Waals surface area contributed by atoms with Crippen LogP contribution in [0.25, 0.3) is 16.4 Å². The van der Waals surface area contributed by atoms with Crippen LogP contribution in [0.5, 0.6) is 0 Å². The van der Waals surface area contributed by atoms with E-state index in [2.05, 4.69) is 29.6 Å². The molecule has 0 heterocycles. The summed E-state index contributed by atoms with van der Waals surface area (Å²) in [4.78, 5) is 0. The predicted molar refractivity (Wildman–Crippen MR) is 70.8 cm³/mol. The fourth-order valence-electron chi connectivity index (χ4n) is 1.83. The van der Waals surface area contributed by atoms with E-state index in [-0.39, 0.29) is 6.61 Å². The molecule has 0 aromatic heterocycles. The van der Waals surface area contributed by atoms with E-state index < -0.39 is 0 Å². The highest BCUT2D eigenvalue weighted by molar-refractivity contribution is 5.64. The molecule has 0 radical (unpaired) electrons. The van der Waals surface area contributed by atoms with Crippen LogP contribution in [0.1, 0.15) is 11.1 Å². The topological polar surface area (TPSA) is 34.3 Å². The zero-order chi connectivity index (χ0) is 12.1. The van der Waals surface area contributed by atoms with Gasteiger partial charge in [-0.15, -0.1) is 6.54 Å². The number of hydrogen-bond donors (Lipinski definition) is 1. The highest BCUT2D eigenvalue weighted by atomic mass is 16.3. The average Bonchev–Trinajstić information content (AvgIpc) is 2.40. The molecular weight excluding hydrogens is 210 g/mol. The van der Waals surface area contributed by atoms with E-state index in [4.69, 9.17) is 5.11 Å². The average molecular weight is 226 g/mol. The lowest BCUT2D eigenvalue weighted by molar-refractivity contribution is 0.282. The van der Waals surface area contributed by atoms with Gasteiger partial charge in [-0.1, -0.05) is 54.1 Å². The lowest BCUT2D eigenvalue weighted by Crippen LogP contribution is -1.86. The summed E-state index contributed by atoms with van der Waals surface area (Å²) in [5.41, 5.74) is 4.51. The fourth-order valence-corrected chi connectivity index (χ4v) is 1.83. The molecule has 2 rings (SSSR count). The molecule has 2 heteroatoms. The van der Waals surface area contributed by atoms with Gasteiger partial charge in [0, 0.05) is 0 Å². The molecule has 2 nitrogen and oxygen atoms in total. The SMILES string of the molecule is C[N-]Cc1cccc(-c2ccc(CO)cc2)c1. The van der Waals surface area contributed by atoms with Gasteiger partial charge in [0.1, 0.15) is 0 Å². The molecule has 0 aliphatic carbocycles. The molecule has 2 aromatic carbocycles. The lowest BCUT2D eigenvalue weighted by Gasteiger charge is -2.12. The van der Waals surface area contributed by atoms with Crippen LogP contribution in [0.2, 0.25) is 0 Å². The van der Waals surface area contributed by atoms with E-state index in [1.807, 2.05) is 31.3 Å². The quantitative estimate of drug-likeness (QED) is 0.852. The molecule has 0 aliphatic heterocycles. The van der Waals surface area contributed by atoms with Gasteiger partial charge in [-0.25, -0.2) is 0 Å². The first-order valence-corrected chi connectivity index (χ1v) is 5.68. The van der Waals surface area contributed by atoms with Crippen molar-refractivity contribution in [2.45, 2.75) is 13.2 Å². The highest BCUT2D eigenvalue weighted by Crippen LogP contribution is 2.21. The van der Waals surface area contributed by atoms with E-state index in [0.717, 1.165) is 12.1 Å². The summed E-state index contributed by atoms with van der Waals surface area (Å²) < 4.78 is 0. The fraction of sp³-hybridized carbons (Fsp3) is 0.200. The molecule has 1 N–H and O–H groups in total. The molecule has 0 saturated heterocycles. The van der Waals surface area contributed by atoms with Crippen LogP contribution in [-0.4, -0.2) is 12.2 Å². The molecule has 0 fully saturated rings. The minimum atomic E-state index is 0.0923. The maximum absolute atomic E-state index is 9.00. The molecule has 0 spiro atoms. The molecule has 0 atom stereocenters. The van der Waals surface area contributed by atoms with Crippen molar-refractivity contribution in [2.24, 2.45) is 0 Å². The second-order valence-corrected chi connectivity index (χ2v) is 4.03. The first-order chi connectivity index (χ1) is 8.33. The largest absolute Gasteiger partial charge is 0.661 e. The Morgan fingerprint density at radius 2 is 1.71 bits per heavy atom. The molecule has 0 aliphatic rings. The summed E-state index contributed by atoms with van der Waals surface area (Å²) in [7, 11) is 1.82. The van der Waals surface area contributed by atoms with Gasteiger partial charge in [-0.3, -0.25) is 0 Å². The van der Waals surface area contributed by atoms with Crippen LogP contribution < -0.4 is 0 Å². The van der Waals surface area contributed by atoms with Crippen molar-refractivity contribution in [1.82, 2.24) is 0 Å². The van der Waals surface area contributed by atoms with E-state index >= 15 is 0 Å². The second-order valence-electron chi connectivity index (χ2n) is 4.03. The highest BCUT2D eigenvalue weighted by Gasteiger charge is 1.98. The van der Waals surface area contributed by atoms with Crippen molar-refractivity contribution in [1.29, 1.82) is 0 Å². The minimum Gasteiger partial charge on any atom is -0.661 e. The Balaban J connectivity index is 2.28. The Morgan fingerprint density at radius 3 is 2.35 bits per heavy atom. The third-order valence-electron chi connectivity index (χ3n) is 2.74. The molecule has 17 heavy (non-hydrogen) atoms. The minimum absolute atomic E-state index is 0.0923. The van der Waals surface area contributed by atoms with Crippen molar-refractivity contribution in [3.05, 3.63) is 65.0 Å². The van der Waals surface area contributed by atoms with Gasteiger partial charge in [0.2, 0.25) is 0 Å². The number of aliphatic hydroxyl groups is 1. The second kappa shape index (κ2) is 5.62. The summed E-state index contributed by atoms with van der Waals surface area (Å²) in [6.07, 6.45) is 0. The number of nitrogens with zero attached hydrogens (tertiary/aromatic N) is 1. The van der Waals surface area contributed by atoms with Crippen LogP contribution in [0.4, 0.5) is 0 Å². The van der Waals surface area contributed by atoms with Crippen LogP contribution >= 0.6 is 0 Å². The normalized spacial score (nSPS) is 10.5. The van der Waals surface area contributed by atoms with E-state index in [0.29, 0.717) is 0 Å². The van der Waals surface area contributed by atoms with Gasteiger partial charge in [-0.05, 0) is 16.7 Å². The van der Waals surface area contributed by atoms with Gasteiger partial charge in [0.15, 0.2) is 0 Å². The number of hydrogen-bond acceptors (Lipinski definition) is 1. The Bertz CT molecular complexity index is 477. The summed E-state index contributed by atoms with van der Waals surface area (Å²) in [6.45, 7) is 0.845. The zero-order valence-corrected chi connectivity index (χ0v) is 9.93. The van der Waals surface area contributed by atoms with Gasteiger partial charge in [0.25, 0.3) is 0 Å². The third-order valence-corrected chi connectivity index (χ3v) is 2.74. The maximum atomic E-state index is 9.00. The van der Waals surface area contributed by atoms with E-state index in [1.54, 1.807) is 0 Å². The summed E-state index contributed by atoms with van der Waals surface area (Å²) in [5, 5.41) is 13.1. The molecule has 0 bridgehead atoms. The summed E-state index contributed by atoms with van der Waals surface area (Å²) >= 11 is 0. The lowest BCUT2D eigenvalue weighted by atomic mass is 10.0. The Labute approximate surface area is 102 Å². The van der Waals surface area contributed by atoms with Crippen molar-refractivity contribution in [2.75, 3.05) is 7.05 Å². The van der Waals surface area contributed by atoms with Crippen molar-refractivity contribution < 1.29 is 5.11 Å². The summed E-state index contributed by atoms with van der Waals surface area (Å²) in [6, 6.07) is 16.3. The van der Waals surface area contributed by atoms with E-state index in [9.17, 15) is 0 Å². The van der Waals surface area contributed by atoms with Crippen molar-refractivity contribution in [3.8, 4) is 11.1 Å². The predicted octanol–water partition coefficient (Wildman–Crippen LogP) is 3.35. The molecule has 0 saturated carbocycles. The Morgan fingerprint density at radius 1 is 0.941 bits per heavy atom. The molecule has 0 amide bonds. The summed E-state index contributed by atoms with van der Waals surface area (Å²) in [5.74, 6) is 0. The Kier molecular flexibility index (Phi) is 3.91. The van der Waals surface area contributed by atoms with Gasteiger partial charge in [0.05, 0.1) is 6.61 Å². The zero-order valence-electron chi connectivity index (χ0n) is 9.93. The maximum Gasteiger partial charge on any atom is 0.0681 e.